The normalized spacial score (nSPS) is 25.3. The maximum absolute atomic E-state index is 13.1. The number of rotatable bonds is 6. The summed E-state index contributed by atoms with van der Waals surface area (Å²) in [7, 11) is 0. The highest BCUT2D eigenvalue weighted by atomic mass is 16.5. The number of hydrogen-bond acceptors (Lipinski definition) is 5. The van der Waals surface area contributed by atoms with E-state index in [4.69, 9.17) is 4.74 Å². The Kier molecular flexibility index (Phi) is 5.64. The third-order valence-electron chi connectivity index (χ3n) is 6.24. The summed E-state index contributed by atoms with van der Waals surface area (Å²) in [5, 5.41) is 21.7. The number of benzene rings is 1. The summed E-state index contributed by atoms with van der Waals surface area (Å²) in [5.74, 6) is -0.182. The zero-order valence-corrected chi connectivity index (χ0v) is 17.6. The van der Waals surface area contributed by atoms with Crippen LogP contribution in [0.15, 0.2) is 18.2 Å². The SMILES string of the molecule is CCCCN1[C@@H]2COC[C@H]1CC(NC(=O)c1n[nH]c3cccc(C(C)(C)O)c13)C2. The van der Waals surface area contributed by atoms with Gasteiger partial charge in [-0.25, -0.2) is 0 Å². The fraction of sp³-hybridized carbons (Fsp3) is 0.636. The van der Waals surface area contributed by atoms with Gasteiger partial charge in [0.1, 0.15) is 0 Å². The van der Waals surface area contributed by atoms with Crippen molar-refractivity contribution in [3.8, 4) is 0 Å². The molecule has 2 aliphatic heterocycles. The molecule has 7 nitrogen and oxygen atoms in total. The standard InChI is InChI=1S/C22H32N4O3/c1-4-5-9-26-15-10-14(11-16(26)13-29-12-15)23-21(27)20-19-17(22(2,3)28)7-6-8-18(19)24-25-20/h6-8,14-16,28H,4-5,9-13H2,1-3H3,(H,23,27)(H,24,25)/t14?,15-,16+. The summed E-state index contributed by atoms with van der Waals surface area (Å²) in [5.41, 5.74) is 0.757. The number of unbranched alkanes of at least 4 members (excludes halogenated alkanes) is 1. The van der Waals surface area contributed by atoms with Crippen molar-refractivity contribution < 1.29 is 14.6 Å². The molecule has 0 saturated carbocycles. The van der Waals surface area contributed by atoms with Gasteiger partial charge in [0.15, 0.2) is 5.69 Å². The van der Waals surface area contributed by atoms with Crippen LogP contribution in [0.5, 0.6) is 0 Å². The van der Waals surface area contributed by atoms with Crippen molar-refractivity contribution in [1.29, 1.82) is 0 Å². The number of hydrogen-bond donors (Lipinski definition) is 3. The first kappa shape index (κ1) is 20.3. The highest BCUT2D eigenvalue weighted by molar-refractivity contribution is 6.06. The van der Waals surface area contributed by atoms with E-state index in [0.717, 1.165) is 38.1 Å². The van der Waals surface area contributed by atoms with Crippen molar-refractivity contribution in [3.63, 3.8) is 0 Å². The molecule has 1 unspecified atom stereocenters. The topological polar surface area (TPSA) is 90.5 Å². The van der Waals surface area contributed by atoms with Crippen LogP contribution in [-0.2, 0) is 10.3 Å². The van der Waals surface area contributed by atoms with E-state index in [0.29, 0.717) is 28.7 Å². The molecule has 7 heteroatoms. The van der Waals surface area contributed by atoms with Crippen LogP contribution in [0.25, 0.3) is 10.9 Å². The minimum Gasteiger partial charge on any atom is -0.386 e. The van der Waals surface area contributed by atoms with Gasteiger partial charge in [-0.2, -0.15) is 5.10 Å². The lowest BCUT2D eigenvalue weighted by molar-refractivity contribution is -0.0802. The summed E-state index contributed by atoms with van der Waals surface area (Å²) in [4.78, 5) is 15.7. The summed E-state index contributed by atoms with van der Waals surface area (Å²) in [6, 6.07) is 6.43. The van der Waals surface area contributed by atoms with Crippen LogP contribution in [0.1, 0.15) is 62.5 Å². The van der Waals surface area contributed by atoms with Gasteiger partial charge in [-0.15, -0.1) is 0 Å². The first-order chi connectivity index (χ1) is 13.9. The number of carbonyl (C=O) groups is 1. The number of piperidine rings is 1. The molecule has 4 rings (SSSR count). The first-order valence-corrected chi connectivity index (χ1v) is 10.7. The largest absolute Gasteiger partial charge is 0.386 e. The molecule has 2 aromatic rings. The Balaban J connectivity index is 1.52. The molecule has 158 valence electrons. The molecule has 3 heterocycles. The fourth-order valence-corrected chi connectivity index (χ4v) is 4.81. The van der Waals surface area contributed by atoms with E-state index in [2.05, 4.69) is 27.3 Å². The molecule has 3 N–H and O–H groups in total. The van der Waals surface area contributed by atoms with Gasteiger partial charge in [-0.1, -0.05) is 25.5 Å². The molecule has 1 amide bonds. The molecule has 2 saturated heterocycles. The molecule has 1 aromatic carbocycles. The number of nitrogens with one attached hydrogen (secondary N) is 2. The minimum absolute atomic E-state index is 0.111. The smallest absolute Gasteiger partial charge is 0.272 e. The van der Waals surface area contributed by atoms with Gasteiger partial charge < -0.3 is 15.2 Å². The van der Waals surface area contributed by atoms with Crippen LogP contribution in [0.4, 0.5) is 0 Å². The number of H-pyrrole nitrogens is 1. The van der Waals surface area contributed by atoms with E-state index in [9.17, 15) is 9.90 Å². The van der Waals surface area contributed by atoms with Gasteiger partial charge in [0.05, 0.1) is 24.3 Å². The number of aromatic amines is 1. The number of ether oxygens (including phenoxy) is 1. The molecule has 0 radical (unpaired) electrons. The van der Waals surface area contributed by atoms with Gasteiger partial charge in [-0.3, -0.25) is 14.8 Å². The van der Waals surface area contributed by atoms with Crippen LogP contribution in [0.3, 0.4) is 0 Å². The van der Waals surface area contributed by atoms with Crippen molar-refractivity contribution in [3.05, 3.63) is 29.5 Å². The zero-order chi connectivity index (χ0) is 20.6. The highest BCUT2D eigenvalue weighted by Gasteiger charge is 2.39. The molecule has 1 aromatic heterocycles. The maximum atomic E-state index is 13.1. The third kappa shape index (κ3) is 4.04. The third-order valence-corrected chi connectivity index (χ3v) is 6.24. The molecule has 2 aliphatic rings. The van der Waals surface area contributed by atoms with E-state index in [1.165, 1.54) is 12.8 Å². The second-order valence-electron chi connectivity index (χ2n) is 8.94. The van der Waals surface area contributed by atoms with Crippen LogP contribution in [-0.4, -0.2) is 64.0 Å². The maximum Gasteiger partial charge on any atom is 0.272 e. The number of amides is 1. The Morgan fingerprint density at radius 2 is 2.07 bits per heavy atom. The monoisotopic (exact) mass is 400 g/mol. The van der Waals surface area contributed by atoms with E-state index in [-0.39, 0.29) is 11.9 Å². The van der Waals surface area contributed by atoms with Crippen LogP contribution in [0, 0.1) is 0 Å². The Morgan fingerprint density at radius 1 is 1.34 bits per heavy atom. The van der Waals surface area contributed by atoms with Gasteiger partial charge in [0.2, 0.25) is 0 Å². The number of aliphatic hydroxyl groups is 1. The van der Waals surface area contributed by atoms with Crippen LogP contribution >= 0.6 is 0 Å². The highest BCUT2D eigenvalue weighted by Crippen LogP contribution is 2.31. The number of morpholine rings is 1. The molecule has 0 aliphatic carbocycles. The van der Waals surface area contributed by atoms with Crippen molar-refractivity contribution in [2.45, 2.75) is 70.2 Å². The zero-order valence-electron chi connectivity index (χ0n) is 17.6. The Hall–Kier alpha value is -1.96. The van der Waals surface area contributed by atoms with Crippen LogP contribution < -0.4 is 5.32 Å². The molecule has 2 bridgehead atoms. The van der Waals surface area contributed by atoms with Gasteiger partial charge in [0.25, 0.3) is 5.91 Å². The van der Waals surface area contributed by atoms with Crippen molar-refractivity contribution in [2.24, 2.45) is 0 Å². The molecule has 0 spiro atoms. The predicted molar refractivity (Wildman–Crippen MR) is 112 cm³/mol. The van der Waals surface area contributed by atoms with Crippen LogP contribution in [0.2, 0.25) is 0 Å². The lowest BCUT2D eigenvalue weighted by Gasteiger charge is -2.48. The summed E-state index contributed by atoms with van der Waals surface area (Å²) < 4.78 is 5.78. The van der Waals surface area contributed by atoms with Gasteiger partial charge in [0, 0.05) is 23.5 Å². The minimum atomic E-state index is -1.06. The summed E-state index contributed by atoms with van der Waals surface area (Å²) in [6.07, 6.45) is 4.18. The van der Waals surface area contributed by atoms with Crippen molar-refractivity contribution >= 4 is 16.8 Å². The Labute approximate surface area is 171 Å². The Bertz CT molecular complexity index is 859. The number of nitrogens with zero attached hydrogens (tertiary/aromatic N) is 2. The first-order valence-electron chi connectivity index (χ1n) is 10.7. The van der Waals surface area contributed by atoms with Gasteiger partial charge >= 0.3 is 0 Å². The number of fused-ring (bicyclic) bond motifs is 3. The lowest BCUT2D eigenvalue weighted by atomic mass is 9.89. The Morgan fingerprint density at radius 3 is 2.72 bits per heavy atom. The van der Waals surface area contributed by atoms with E-state index in [1.807, 2.05) is 18.2 Å². The molecule has 3 atom stereocenters. The molecular weight excluding hydrogens is 368 g/mol. The fourth-order valence-electron chi connectivity index (χ4n) is 4.81. The quantitative estimate of drug-likeness (QED) is 0.693. The molecule has 2 fully saturated rings. The van der Waals surface area contributed by atoms with E-state index < -0.39 is 5.60 Å². The number of aromatic nitrogens is 2. The summed E-state index contributed by atoms with van der Waals surface area (Å²) >= 11 is 0. The lowest BCUT2D eigenvalue weighted by Crippen LogP contribution is -2.60. The molecule has 29 heavy (non-hydrogen) atoms. The average Bonchev–Trinajstić information content (AvgIpc) is 3.09. The number of carbonyl (C=O) groups excluding carboxylic acids is 1. The van der Waals surface area contributed by atoms with Crippen molar-refractivity contribution in [1.82, 2.24) is 20.4 Å². The predicted octanol–water partition coefficient (Wildman–Crippen LogP) is 2.55. The average molecular weight is 401 g/mol. The van der Waals surface area contributed by atoms with Gasteiger partial charge in [-0.05, 0) is 51.3 Å². The van der Waals surface area contributed by atoms with E-state index in [1.54, 1.807) is 13.8 Å². The van der Waals surface area contributed by atoms with E-state index >= 15 is 0 Å². The van der Waals surface area contributed by atoms with Crippen molar-refractivity contribution in [2.75, 3.05) is 19.8 Å². The summed E-state index contributed by atoms with van der Waals surface area (Å²) in [6.45, 7) is 8.25. The second kappa shape index (κ2) is 8.05. The second-order valence-corrected chi connectivity index (χ2v) is 8.94. The molecular formula is C22H32N4O3.